The lowest BCUT2D eigenvalue weighted by Crippen LogP contribution is -2.30. The SMILES string of the molecule is CCCNC(=O)CC(C#N)Nc1cccc(F)c1. The first-order chi connectivity index (χ1) is 8.65. The molecule has 0 saturated heterocycles. The number of nitrogens with zero attached hydrogens (tertiary/aromatic N) is 1. The highest BCUT2D eigenvalue weighted by Crippen LogP contribution is 2.11. The number of carbonyl (C=O) groups excluding carboxylic acids is 1. The minimum absolute atomic E-state index is 0.0486. The summed E-state index contributed by atoms with van der Waals surface area (Å²) in [7, 11) is 0. The molecule has 1 atom stereocenters. The van der Waals surface area contributed by atoms with Crippen molar-refractivity contribution in [3.63, 3.8) is 0 Å². The Morgan fingerprint density at radius 1 is 1.56 bits per heavy atom. The van der Waals surface area contributed by atoms with Crippen molar-refractivity contribution in [3.8, 4) is 6.07 Å². The summed E-state index contributed by atoms with van der Waals surface area (Å²) < 4.78 is 12.9. The van der Waals surface area contributed by atoms with Gasteiger partial charge in [0.2, 0.25) is 5.91 Å². The summed E-state index contributed by atoms with van der Waals surface area (Å²) in [4.78, 5) is 11.5. The first kappa shape index (κ1) is 14.0. The summed E-state index contributed by atoms with van der Waals surface area (Å²) in [5.41, 5.74) is 0.491. The number of rotatable bonds is 6. The van der Waals surface area contributed by atoms with E-state index in [0.717, 1.165) is 6.42 Å². The summed E-state index contributed by atoms with van der Waals surface area (Å²) in [6.07, 6.45) is 0.896. The Kier molecular flexibility index (Phi) is 5.65. The number of hydrogen-bond acceptors (Lipinski definition) is 3. The number of carbonyl (C=O) groups is 1. The monoisotopic (exact) mass is 249 g/mol. The number of nitriles is 1. The Bertz CT molecular complexity index is 442. The third-order valence-electron chi connectivity index (χ3n) is 2.28. The molecule has 0 aliphatic rings. The average Bonchev–Trinajstić information content (AvgIpc) is 2.35. The van der Waals surface area contributed by atoms with E-state index in [1.54, 1.807) is 12.1 Å². The fourth-order valence-corrected chi connectivity index (χ4v) is 1.43. The van der Waals surface area contributed by atoms with E-state index < -0.39 is 6.04 Å². The molecule has 0 radical (unpaired) electrons. The average molecular weight is 249 g/mol. The zero-order valence-electron chi connectivity index (χ0n) is 10.2. The smallest absolute Gasteiger partial charge is 0.223 e. The molecule has 1 unspecified atom stereocenters. The number of nitrogens with one attached hydrogen (secondary N) is 2. The molecule has 0 bridgehead atoms. The minimum Gasteiger partial charge on any atom is -0.369 e. The van der Waals surface area contributed by atoms with Crippen LogP contribution in [0.5, 0.6) is 0 Å². The molecule has 0 aromatic heterocycles. The molecule has 18 heavy (non-hydrogen) atoms. The van der Waals surface area contributed by atoms with Gasteiger partial charge >= 0.3 is 0 Å². The molecule has 2 N–H and O–H groups in total. The van der Waals surface area contributed by atoms with Crippen LogP contribution in [-0.2, 0) is 4.79 Å². The maximum Gasteiger partial charge on any atom is 0.223 e. The Morgan fingerprint density at radius 3 is 2.94 bits per heavy atom. The Balaban J connectivity index is 2.52. The van der Waals surface area contributed by atoms with Crippen molar-refractivity contribution in [2.45, 2.75) is 25.8 Å². The zero-order valence-corrected chi connectivity index (χ0v) is 10.2. The molecule has 0 fully saturated rings. The minimum atomic E-state index is -0.663. The highest BCUT2D eigenvalue weighted by Gasteiger charge is 2.12. The first-order valence-corrected chi connectivity index (χ1v) is 5.84. The van der Waals surface area contributed by atoms with Crippen molar-refractivity contribution in [2.24, 2.45) is 0 Å². The Labute approximate surface area is 106 Å². The fourth-order valence-electron chi connectivity index (χ4n) is 1.43. The van der Waals surface area contributed by atoms with Crippen molar-refractivity contribution >= 4 is 11.6 Å². The lowest BCUT2D eigenvalue weighted by atomic mass is 10.2. The first-order valence-electron chi connectivity index (χ1n) is 5.84. The van der Waals surface area contributed by atoms with Gasteiger partial charge in [0, 0.05) is 12.2 Å². The van der Waals surface area contributed by atoms with Crippen LogP contribution in [-0.4, -0.2) is 18.5 Å². The van der Waals surface area contributed by atoms with Crippen LogP contribution in [0.25, 0.3) is 0 Å². The van der Waals surface area contributed by atoms with Gasteiger partial charge in [-0.2, -0.15) is 5.26 Å². The van der Waals surface area contributed by atoms with Crippen molar-refractivity contribution in [1.82, 2.24) is 5.32 Å². The molecule has 0 aliphatic heterocycles. The lowest BCUT2D eigenvalue weighted by Gasteiger charge is -2.12. The van der Waals surface area contributed by atoms with Crippen molar-refractivity contribution in [3.05, 3.63) is 30.1 Å². The van der Waals surface area contributed by atoms with Gasteiger partial charge in [-0.3, -0.25) is 4.79 Å². The summed E-state index contributed by atoms with van der Waals surface area (Å²) in [6.45, 7) is 2.55. The van der Waals surface area contributed by atoms with E-state index in [2.05, 4.69) is 10.6 Å². The van der Waals surface area contributed by atoms with E-state index in [1.165, 1.54) is 12.1 Å². The van der Waals surface area contributed by atoms with Crippen molar-refractivity contribution in [2.75, 3.05) is 11.9 Å². The molecule has 4 nitrogen and oxygen atoms in total. The molecule has 0 heterocycles. The number of amides is 1. The topological polar surface area (TPSA) is 64.9 Å². The van der Waals surface area contributed by atoms with Gasteiger partial charge in [-0.15, -0.1) is 0 Å². The van der Waals surface area contributed by atoms with Gasteiger partial charge in [0.05, 0.1) is 12.5 Å². The Hall–Kier alpha value is -2.09. The molecule has 96 valence electrons. The van der Waals surface area contributed by atoms with Crippen LogP contribution < -0.4 is 10.6 Å². The summed E-state index contributed by atoms with van der Waals surface area (Å²) in [6, 6.07) is 7.12. The Morgan fingerprint density at radius 2 is 2.33 bits per heavy atom. The van der Waals surface area contributed by atoms with Crippen LogP contribution >= 0.6 is 0 Å². The van der Waals surface area contributed by atoms with Gasteiger partial charge in [0.25, 0.3) is 0 Å². The molecule has 1 rings (SSSR count). The standard InChI is InChI=1S/C13H16FN3O/c1-2-6-16-13(18)8-12(9-15)17-11-5-3-4-10(14)7-11/h3-5,7,12,17H,2,6,8H2,1H3,(H,16,18). The van der Waals surface area contributed by atoms with E-state index >= 15 is 0 Å². The maximum atomic E-state index is 12.9. The van der Waals surface area contributed by atoms with E-state index in [1.807, 2.05) is 13.0 Å². The van der Waals surface area contributed by atoms with Gasteiger partial charge in [0.1, 0.15) is 11.9 Å². The second kappa shape index (κ2) is 7.28. The molecule has 1 aromatic rings. The molecule has 1 amide bonds. The van der Waals surface area contributed by atoms with Crippen LogP contribution in [0, 0.1) is 17.1 Å². The third kappa shape index (κ3) is 4.83. The molecule has 0 spiro atoms. The van der Waals surface area contributed by atoms with E-state index in [0.29, 0.717) is 12.2 Å². The van der Waals surface area contributed by atoms with Gasteiger partial charge < -0.3 is 10.6 Å². The molecule has 1 aromatic carbocycles. The van der Waals surface area contributed by atoms with Gasteiger partial charge in [-0.25, -0.2) is 4.39 Å². The zero-order chi connectivity index (χ0) is 13.4. The van der Waals surface area contributed by atoms with Crippen LogP contribution in [0.4, 0.5) is 10.1 Å². The van der Waals surface area contributed by atoms with Gasteiger partial charge in [-0.1, -0.05) is 13.0 Å². The number of benzene rings is 1. The van der Waals surface area contributed by atoms with E-state index in [-0.39, 0.29) is 18.1 Å². The summed E-state index contributed by atoms with van der Waals surface area (Å²) in [5.74, 6) is -0.570. The normalized spacial score (nSPS) is 11.4. The quantitative estimate of drug-likeness (QED) is 0.811. The summed E-state index contributed by atoms with van der Waals surface area (Å²) in [5, 5.41) is 14.4. The third-order valence-corrected chi connectivity index (χ3v) is 2.28. The van der Waals surface area contributed by atoms with Crippen LogP contribution in [0.15, 0.2) is 24.3 Å². The summed E-state index contributed by atoms with van der Waals surface area (Å²) >= 11 is 0. The molecular formula is C13H16FN3O. The number of hydrogen-bond donors (Lipinski definition) is 2. The highest BCUT2D eigenvalue weighted by atomic mass is 19.1. The number of halogens is 1. The van der Waals surface area contributed by atoms with Gasteiger partial charge in [-0.05, 0) is 24.6 Å². The predicted octanol–water partition coefficient (Wildman–Crippen LogP) is 2.05. The lowest BCUT2D eigenvalue weighted by molar-refractivity contribution is -0.121. The molecule has 0 aliphatic carbocycles. The van der Waals surface area contributed by atoms with E-state index in [9.17, 15) is 9.18 Å². The predicted molar refractivity (Wildman–Crippen MR) is 67.3 cm³/mol. The second-order valence-corrected chi connectivity index (χ2v) is 3.89. The van der Waals surface area contributed by atoms with Crippen LogP contribution in [0.2, 0.25) is 0 Å². The highest BCUT2D eigenvalue weighted by molar-refractivity contribution is 5.77. The van der Waals surface area contributed by atoms with Crippen LogP contribution in [0.3, 0.4) is 0 Å². The fraction of sp³-hybridized carbons (Fsp3) is 0.385. The maximum absolute atomic E-state index is 12.9. The van der Waals surface area contributed by atoms with Crippen molar-refractivity contribution < 1.29 is 9.18 Å². The molecule has 0 saturated carbocycles. The molecular weight excluding hydrogens is 233 g/mol. The molecule has 5 heteroatoms. The van der Waals surface area contributed by atoms with Crippen LogP contribution in [0.1, 0.15) is 19.8 Å². The second-order valence-electron chi connectivity index (χ2n) is 3.89. The van der Waals surface area contributed by atoms with Crippen molar-refractivity contribution in [1.29, 1.82) is 5.26 Å². The van der Waals surface area contributed by atoms with E-state index in [4.69, 9.17) is 5.26 Å². The number of anilines is 1. The van der Waals surface area contributed by atoms with Gasteiger partial charge in [0.15, 0.2) is 0 Å². The largest absolute Gasteiger partial charge is 0.369 e.